The monoisotopic (exact) mass is 539 g/mol. The number of aromatic nitrogens is 3. The molecular weight excluding hydrogens is 518 g/mol. The minimum Gasteiger partial charge on any atom is -0.309 e. The summed E-state index contributed by atoms with van der Waals surface area (Å²) in [6, 6.07) is 46.3. The number of rotatable bonds is 1. The summed E-state index contributed by atoms with van der Waals surface area (Å²) in [6.45, 7) is 0. The third kappa shape index (κ3) is 2.79. The fourth-order valence-corrected chi connectivity index (χ4v) is 8.02. The first kappa shape index (κ1) is 21.6. The fourth-order valence-electron chi connectivity index (χ4n) is 6.89. The predicted octanol–water partition coefficient (Wildman–Crippen LogP) is 10.3. The van der Waals surface area contributed by atoms with E-state index in [2.05, 4.69) is 136 Å². The van der Waals surface area contributed by atoms with Crippen molar-refractivity contribution in [1.82, 2.24) is 14.0 Å². The zero-order valence-electron chi connectivity index (χ0n) is 21.9. The van der Waals surface area contributed by atoms with Crippen LogP contribution in [0.4, 0.5) is 0 Å². The summed E-state index contributed by atoms with van der Waals surface area (Å²) in [7, 11) is 0. The Hall–Kier alpha value is -5.19. The Bertz CT molecular complexity index is 2690. The molecule has 0 unspecified atom stereocenters. The molecule has 0 saturated carbocycles. The van der Waals surface area contributed by atoms with Crippen molar-refractivity contribution in [3.05, 3.63) is 127 Å². The van der Waals surface area contributed by atoms with Crippen molar-refractivity contribution in [2.45, 2.75) is 0 Å². The molecule has 0 amide bonds. The van der Waals surface area contributed by atoms with E-state index < -0.39 is 0 Å². The van der Waals surface area contributed by atoms with Crippen LogP contribution in [0.5, 0.6) is 0 Å². The van der Waals surface area contributed by atoms with E-state index in [0.29, 0.717) is 0 Å². The van der Waals surface area contributed by atoms with Crippen molar-refractivity contribution in [3.63, 3.8) is 0 Å². The normalized spacial score (nSPS) is 12.4. The lowest BCUT2D eigenvalue weighted by atomic mass is 10.0. The largest absolute Gasteiger partial charge is 0.309 e. The van der Waals surface area contributed by atoms with Crippen molar-refractivity contribution in [3.8, 4) is 5.69 Å². The highest BCUT2D eigenvalue weighted by atomic mass is 32.1. The standard InChI is InChI=1S/C37H21N3S/c1-2-10-22(11-3-1)39-31-15-7-4-12-23(31)26-18-25-27-21-36-28(24-13-5-9-17-35(24)41-36)19-34(27)40-32-16-8-6-14-30(32)38-37(40)29(25)20-33(26)39/h1-21H. The van der Waals surface area contributed by atoms with Crippen molar-refractivity contribution in [2.24, 2.45) is 0 Å². The van der Waals surface area contributed by atoms with Crippen LogP contribution in [0.2, 0.25) is 0 Å². The fraction of sp³-hybridized carbons (Fsp3) is 0. The molecule has 0 radical (unpaired) electrons. The van der Waals surface area contributed by atoms with E-state index in [0.717, 1.165) is 22.4 Å². The highest BCUT2D eigenvalue weighted by Gasteiger charge is 2.19. The van der Waals surface area contributed by atoms with Crippen molar-refractivity contribution >= 4 is 91.7 Å². The molecule has 0 fully saturated rings. The maximum absolute atomic E-state index is 5.24. The van der Waals surface area contributed by atoms with Gasteiger partial charge in [0, 0.05) is 47.4 Å². The van der Waals surface area contributed by atoms with Crippen LogP contribution >= 0.6 is 11.3 Å². The van der Waals surface area contributed by atoms with Crippen molar-refractivity contribution in [1.29, 1.82) is 0 Å². The second kappa shape index (κ2) is 7.72. The first-order valence-corrected chi connectivity index (χ1v) is 14.7. The van der Waals surface area contributed by atoms with Crippen LogP contribution in [0.3, 0.4) is 0 Å². The molecule has 10 rings (SSSR count). The SMILES string of the molecule is c1ccc(-n2c3ccccc3c3cc4c5cc6sc7ccccc7c6cc5n5c6ccccc6nc5c4cc32)cc1. The van der Waals surface area contributed by atoms with E-state index in [1.807, 2.05) is 11.3 Å². The molecule has 190 valence electrons. The van der Waals surface area contributed by atoms with Gasteiger partial charge < -0.3 is 4.57 Å². The molecule has 0 aliphatic heterocycles. The Morgan fingerprint density at radius 3 is 2.05 bits per heavy atom. The van der Waals surface area contributed by atoms with Gasteiger partial charge in [0.2, 0.25) is 0 Å². The summed E-state index contributed by atoms with van der Waals surface area (Å²) in [5, 5.41) is 8.81. The highest BCUT2D eigenvalue weighted by Crippen LogP contribution is 2.42. The van der Waals surface area contributed by atoms with Gasteiger partial charge in [0.05, 0.1) is 27.6 Å². The summed E-state index contributed by atoms with van der Waals surface area (Å²) in [5.74, 6) is 0. The van der Waals surface area contributed by atoms with E-state index in [1.165, 1.54) is 63.7 Å². The van der Waals surface area contributed by atoms with Crippen LogP contribution in [-0.4, -0.2) is 14.0 Å². The van der Waals surface area contributed by atoms with Crippen LogP contribution in [-0.2, 0) is 0 Å². The zero-order chi connectivity index (χ0) is 26.7. The van der Waals surface area contributed by atoms with Gasteiger partial charge in [-0.3, -0.25) is 4.40 Å². The van der Waals surface area contributed by atoms with Crippen LogP contribution in [0.1, 0.15) is 0 Å². The topological polar surface area (TPSA) is 22.2 Å². The Balaban J connectivity index is 1.48. The third-order valence-electron chi connectivity index (χ3n) is 8.65. The number of thiophene rings is 1. The molecule has 0 aliphatic rings. The van der Waals surface area contributed by atoms with E-state index in [9.17, 15) is 0 Å². The van der Waals surface area contributed by atoms with Gasteiger partial charge in [-0.15, -0.1) is 11.3 Å². The summed E-state index contributed by atoms with van der Waals surface area (Å²) in [4.78, 5) is 5.24. The van der Waals surface area contributed by atoms with Crippen LogP contribution in [0, 0.1) is 0 Å². The van der Waals surface area contributed by atoms with Gasteiger partial charge in [0.1, 0.15) is 5.65 Å². The first-order chi connectivity index (χ1) is 20.3. The Labute approximate surface area is 238 Å². The molecule has 6 aromatic carbocycles. The molecule has 0 N–H and O–H groups in total. The van der Waals surface area contributed by atoms with Gasteiger partial charge in [-0.05, 0) is 66.0 Å². The lowest BCUT2D eigenvalue weighted by molar-refractivity contribution is 1.18. The second-order valence-corrected chi connectivity index (χ2v) is 11.9. The summed E-state index contributed by atoms with van der Waals surface area (Å²) >= 11 is 1.87. The van der Waals surface area contributed by atoms with Crippen molar-refractivity contribution < 1.29 is 0 Å². The molecule has 0 bridgehead atoms. The first-order valence-electron chi connectivity index (χ1n) is 13.9. The molecule has 4 aromatic heterocycles. The highest BCUT2D eigenvalue weighted by molar-refractivity contribution is 7.25. The van der Waals surface area contributed by atoms with Crippen LogP contribution in [0.15, 0.2) is 127 Å². The third-order valence-corrected chi connectivity index (χ3v) is 9.79. The average Bonchev–Trinajstić information content (AvgIpc) is 3.69. The van der Waals surface area contributed by atoms with Gasteiger partial charge in [-0.2, -0.15) is 0 Å². The summed E-state index contributed by atoms with van der Waals surface area (Å²) in [5.41, 5.74) is 7.92. The minimum absolute atomic E-state index is 0.999. The maximum atomic E-state index is 5.24. The molecule has 0 atom stereocenters. The van der Waals surface area contributed by atoms with Crippen molar-refractivity contribution in [2.75, 3.05) is 0 Å². The molecule has 0 aliphatic carbocycles. The molecular formula is C37H21N3S. The maximum Gasteiger partial charge on any atom is 0.146 e. The van der Waals surface area contributed by atoms with Gasteiger partial charge in [0.15, 0.2) is 0 Å². The Morgan fingerprint density at radius 2 is 1.15 bits per heavy atom. The van der Waals surface area contributed by atoms with E-state index in [4.69, 9.17) is 4.98 Å². The average molecular weight is 540 g/mol. The Morgan fingerprint density at radius 1 is 0.439 bits per heavy atom. The number of hydrogen-bond donors (Lipinski definition) is 0. The number of para-hydroxylation sites is 4. The number of hydrogen-bond acceptors (Lipinski definition) is 2. The summed E-state index contributed by atoms with van der Waals surface area (Å²) in [6.07, 6.45) is 0. The number of pyridine rings is 1. The number of fused-ring (bicyclic) bond motifs is 14. The number of imidazole rings is 1. The Kier molecular flexibility index (Phi) is 4.07. The lowest BCUT2D eigenvalue weighted by Crippen LogP contribution is -1.95. The van der Waals surface area contributed by atoms with Crippen LogP contribution < -0.4 is 0 Å². The predicted molar refractivity (Wildman–Crippen MR) is 175 cm³/mol. The van der Waals surface area contributed by atoms with Gasteiger partial charge >= 0.3 is 0 Å². The number of nitrogens with zero attached hydrogens (tertiary/aromatic N) is 3. The van der Waals surface area contributed by atoms with Gasteiger partial charge in [-0.25, -0.2) is 4.98 Å². The quantitative estimate of drug-likeness (QED) is 0.190. The molecule has 4 heterocycles. The van der Waals surface area contributed by atoms with Gasteiger partial charge in [0.25, 0.3) is 0 Å². The van der Waals surface area contributed by atoms with Crippen LogP contribution in [0.25, 0.3) is 86.0 Å². The molecule has 41 heavy (non-hydrogen) atoms. The molecule has 0 spiro atoms. The van der Waals surface area contributed by atoms with Gasteiger partial charge in [-0.1, -0.05) is 66.7 Å². The zero-order valence-corrected chi connectivity index (χ0v) is 22.7. The molecule has 0 saturated heterocycles. The van der Waals surface area contributed by atoms with E-state index in [-0.39, 0.29) is 0 Å². The lowest BCUT2D eigenvalue weighted by Gasteiger charge is -2.12. The molecule has 10 aromatic rings. The number of benzene rings is 6. The van der Waals surface area contributed by atoms with E-state index >= 15 is 0 Å². The second-order valence-electron chi connectivity index (χ2n) is 10.8. The summed E-state index contributed by atoms with van der Waals surface area (Å²) < 4.78 is 7.40. The minimum atomic E-state index is 0.999. The smallest absolute Gasteiger partial charge is 0.146 e. The molecule has 3 nitrogen and oxygen atoms in total. The molecule has 4 heteroatoms. The van der Waals surface area contributed by atoms with E-state index in [1.54, 1.807) is 0 Å².